The van der Waals surface area contributed by atoms with Crippen molar-refractivity contribution in [1.29, 1.82) is 0 Å². The van der Waals surface area contributed by atoms with Crippen LogP contribution in [0.25, 0.3) is 0 Å². The Hall–Kier alpha value is -1.51. The van der Waals surface area contributed by atoms with Crippen LogP contribution in [-0.2, 0) is 16.0 Å². The van der Waals surface area contributed by atoms with E-state index in [1.807, 2.05) is 6.92 Å². The summed E-state index contributed by atoms with van der Waals surface area (Å²) in [5.74, 6) is 0.0396. The average molecular weight is 275 g/mol. The zero-order valence-electron chi connectivity index (χ0n) is 12.5. The highest BCUT2D eigenvalue weighted by Crippen LogP contribution is 2.28. The van der Waals surface area contributed by atoms with Crippen LogP contribution in [-0.4, -0.2) is 18.6 Å². The Labute approximate surface area is 121 Å². The molecule has 0 heterocycles. The van der Waals surface area contributed by atoms with Crippen LogP contribution in [0, 0.1) is 5.92 Å². The number of aryl methyl sites for hydroxylation is 1. The summed E-state index contributed by atoms with van der Waals surface area (Å²) in [6, 6.07) is 8.81. The zero-order valence-corrected chi connectivity index (χ0v) is 12.5. The smallest absolute Gasteiger partial charge is 0.308 e. The average Bonchev–Trinajstić information content (AvgIpc) is 2.48. The Morgan fingerprint density at radius 3 is 2.85 bits per heavy atom. The summed E-state index contributed by atoms with van der Waals surface area (Å²) >= 11 is 0. The molecule has 1 fully saturated rings. The fourth-order valence-electron chi connectivity index (χ4n) is 2.98. The van der Waals surface area contributed by atoms with Crippen molar-refractivity contribution in [3.63, 3.8) is 0 Å². The molecule has 0 radical (unpaired) electrons. The van der Waals surface area contributed by atoms with Crippen molar-refractivity contribution >= 4 is 11.7 Å². The number of esters is 1. The van der Waals surface area contributed by atoms with E-state index in [4.69, 9.17) is 4.74 Å². The summed E-state index contributed by atoms with van der Waals surface area (Å²) in [5.41, 5.74) is 2.55. The molecule has 0 bridgehead atoms. The van der Waals surface area contributed by atoms with Gasteiger partial charge < -0.3 is 10.1 Å². The minimum absolute atomic E-state index is 0.0252. The second-order valence-corrected chi connectivity index (χ2v) is 5.47. The van der Waals surface area contributed by atoms with Gasteiger partial charge in [0.2, 0.25) is 0 Å². The highest BCUT2D eigenvalue weighted by Gasteiger charge is 2.28. The number of rotatable bonds is 5. The molecule has 20 heavy (non-hydrogen) atoms. The number of carbonyl (C=O) groups is 1. The van der Waals surface area contributed by atoms with Crippen LogP contribution < -0.4 is 5.32 Å². The van der Waals surface area contributed by atoms with Gasteiger partial charge in [0.1, 0.15) is 0 Å². The topological polar surface area (TPSA) is 38.3 Å². The van der Waals surface area contributed by atoms with Gasteiger partial charge in [0.15, 0.2) is 0 Å². The van der Waals surface area contributed by atoms with E-state index in [1.165, 1.54) is 11.3 Å². The summed E-state index contributed by atoms with van der Waals surface area (Å²) < 4.78 is 5.16. The van der Waals surface area contributed by atoms with Crippen LogP contribution in [0.2, 0.25) is 0 Å². The van der Waals surface area contributed by atoms with E-state index in [0.29, 0.717) is 12.6 Å². The molecule has 0 spiro atoms. The SMILES string of the molecule is CCOC(=O)C1CCCC(Nc2ccccc2CC)C1. The largest absolute Gasteiger partial charge is 0.466 e. The summed E-state index contributed by atoms with van der Waals surface area (Å²) in [6.45, 7) is 4.52. The van der Waals surface area contributed by atoms with Crippen LogP contribution in [0.1, 0.15) is 45.1 Å². The lowest BCUT2D eigenvalue weighted by atomic mass is 9.85. The number of benzene rings is 1. The molecule has 110 valence electrons. The third-order valence-electron chi connectivity index (χ3n) is 4.05. The normalized spacial score (nSPS) is 22.3. The van der Waals surface area contributed by atoms with Gasteiger partial charge in [0.25, 0.3) is 0 Å². The van der Waals surface area contributed by atoms with Gasteiger partial charge in [-0.05, 0) is 44.2 Å². The lowest BCUT2D eigenvalue weighted by Gasteiger charge is -2.29. The van der Waals surface area contributed by atoms with E-state index in [-0.39, 0.29) is 11.9 Å². The monoisotopic (exact) mass is 275 g/mol. The van der Waals surface area contributed by atoms with Gasteiger partial charge >= 0.3 is 5.97 Å². The summed E-state index contributed by atoms with van der Waals surface area (Å²) in [5, 5.41) is 3.62. The molecule has 0 saturated heterocycles. The van der Waals surface area contributed by atoms with Gasteiger partial charge in [-0.25, -0.2) is 0 Å². The molecule has 1 N–H and O–H groups in total. The van der Waals surface area contributed by atoms with E-state index in [9.17, 15) is 4.79 Å². The molecule has 2 atom stereocenters. The molecule has 1 aromatic carbocycles. The number of para-hydroxylation sites is 1. The van der Waals surface area contributed by atoms with Crippen molar-refractivity contribution in [2.24, 2.45) is 5.92 Å². The first-order valence-electron chi connectivity index (χ1n) is 7.75. The highest BCUT2D eigenvalue weighted by molar-refractivity contribution is 5.72. The molecular formula is C17H25NO2. The van der Waals surface area contributed by atoms with Gasteiger partial charge in [-0.3, -0.25) is 4.79 Å². The van der Waals surface area contributed by atoms with Crippen molar-refractivity contribution in [3.8, 4) is 0 Å². The minimum atomic E-state index is -0.0252. The second kappa shape index (κ2) is 7.32. The van der Waals surface area contributed by atoms with Crippen molar-refractivity contribution in [3.05, 3.63) is 29.8 Å². The number of hydrogen-bond donors (Lipinski definition) is 1. The highest BCUT2D eigenvalue weighted by atomic mass is 16.5. The van der Waals surface area contributed by atoms with E-state index in [0.717, 1.165) is 32.1 Å². The maximum Gasteiger partial charge on any atom is 0.308 e. The van der Waals surface area contributed by atoms with Crippen molar-refractivity contribution in [2.45, 2.75) is 52.0 Å². The second-order valence-electron chi connectivity index (χ2n) is 5.47. The third kappa shape index (κ3) is 3.75. The van der Waals surface area contributed by atoms with Gasteiger partial charge in [-0.1, -0.05) is 31.5 Å². The molecule has 2 rings (SSSR count). The maximum absolute atomic E-state index is 11.9. The Balaban J connectivity index is 1.97. The van der Waals surface area contributed by atoms with Crippen molar-refractivity contribution in [2.75, 3.05) is 11.9 Å². The number of ether oxygens (including phenoxy) is 1. The number of anilines is 1. The standard InChI is InChI=1S/C17H25NO2/c1-3-13-8-5-6-11-16(13)18-15-10-7-9-14(12-15)17(19)20-4-2/h5-6,8,11,14-15,18H,3-4,7,9-10,12H2,1-2H3. The van der Waals surface area contributed by atoms with Crippen molar-refractivity contribution < 1.29 is 9.53 Å². The van der Waals surface area contributed by atoms with Gasteiger partial charge in [0.05, 0.1) is 12.5 Å². The molecule has 1 aliphatic carbocycles. The van der Waals surface area contributed by atoms with Crippen LogP contribution in [0.3, 0.4) is 0 Å². The molecule has 2 unspecified atom stereocenters. The molecule has 1 aromatic rings. The fourth-order valence-corrected chi connectivity index (χ4v) is 2.98. The predicted octanol–water partition coefficient (Wildman–Crippen LogP) is 3.78. The Morgan fingerprint density at radius 2 is 2.10 bits per heavy atom. The van der Waals surface area contributed by atoms with E-state index >= 15 is 0 Å². The van der Waals surface area contributed by atoms with Gasteiger partial charge in [0, 0.05) is 11.7 Å². The minimum Gasteiger partial charge on any atom is -0.466 e. The number of nitrogens with one attached hydrogen (secondary N) is 1. The predicted molar refractivity (Wildman–Crippen MR) is 81.8 cm³/mol. The van der Waals surface area contributed by atoms with Crippen molar-refractivity contribution in [1.82, 2.24) is 0 Å². The van der Waals surface area contributed by atoms with E-state index < -0.39 is 0 Å². The first-order valence-corrected chi connectivity index (χ1v) is 7.75. The molecule has 3 nitrogen and oxygen atoms in total. The lowest BCUT2D eigenvalue weighted by molar-refractivity contribution is -0.149. The van der Waals surface area contributed by atoms with Crippen LogP contribution >= 0.6 is 0 Å². The van der Waals surface area contributed by atoms with E-state index in [1.54, 1.807) is 0 Å². The van der Waals surface area contributed by atoms with Gasteiger partial charge in [-0.2, -0.15) is 0 Å². The molecule has 0 amide bonds. The lowest BCUT2D eigenvalue weighted by Crippen LogP contribution is -2.32. The molecule has 1 saturated carbocycles. The van der Waals surface area contributed by atoms with Crippen LogP contribution in [0.15, 0.2) is 24.3 Å². The van der Waals surface area contributed by atoms with Crippen LogP contribution in [0.5, 0.6) is 0 Å². The van der Waals surface area contributed by atoms with Crippen LogP contribution in [0.4, 0.5) is 5.69 Å². The first kappa shape index (κ1) is 14.9. The summed E-state index contributed by atoms with van der Waals surface area (Å²) in [4.78, 5) is 11.9. The molecule has 0 aromatic heterocycles. The number of carbonyl (C=O) groups excluding carboxylic acids is 1. The molecule has 3 heteroatoms. The van der Waals surface area contributed by atoms with E-state index in [2.05, 4.69) is 36.5 Å². The maximum atomic E-state index is 11.9. The Morgan fingerprint density at radius 1 is 1.30 bits per heavy atom. The molecule has 0 aliphatic heterocycles. The Bertz CT molecular complexity index is 444. The first-order chi connectivity index (χ1) is 9.74. The van der Waals surface area contributed by atoms with Gasteiger partial charge in [-0.15, -0.1) is 0 Å². The molecule has 1 aliphatic rings. The third-order valence-corrected chi connectivity index (χ3v) is 4.05. The molecular weight excluding hydrogens is 250 g/mol. The zero-order chi connectivity index (χ0) is 14.4. The summed E-state index contributed by atoms with van der Waals surface area (Å²) in [6.07, 6.45) is 5.10. The number of hydrogen-bond acceptors (Lipinski definition) is 3. The Kier molecular flexibility index (Phi) is 5.45. The quantitative estimate of drug-likeness (QED) is 0.831. The summed E-state index contributed by atoms with van der Waals surface area (Å²) in [7, 11) is 0. The fraction of sp³-hybridized carbons (Fsp3) is 0.588.